The quantitative estimate of drug-likeness (QED) is 0.873. The zero-order chi connectivity index (χ0) is 12.3. The summed E-state index contributed by atoms with van der Waals surface area (Å²) in [5.74, 6) is 1.14. The van der Waals surface area contributed by atoms with Gasteiger partial charge in [-0.1, -0.05) is 24.3 Å². The predicted molar refractivity (Wildman–Crippen MR) is 69.7 cm³/mol. The number of nitrogens with two attached hydrogens (primary N) is 1. The smallest absolute Gasteiger partial charge is 0.227 e. The molecule has 0 amide bonds. The molecule has 1 aromatic carbocycles. The lowest BCUT2D eigenvalue weighted by Gasteiger charge is -2.18. The number of aryl methyl sites for hydroxylation is 1. The minimum atomic E-state index is 0.492. The molecule has 0 unspecified atom stereocenters. The van der Waals surface area contributed by atoms with Crippen LogP contribution in [-0.2, 0) is 6.54 Å². The van der Waals surface area contributed by atoms with Crippen molar-refractivity contribution in [1.82, 2.24) is 9.97 Å². The van der Waals surface area contributed by atoms with Crippen LogP contribution in [0.1, 0.15) is 11.1 Å². The highest BCUT2D eigenvalue weighted by Crippen LogP contribution is 2.13. The number of rotatable bonds is 3. The van der Waals surface area contributed by atoms with Crippen LogP contribution in [0.4, 0.5) is 11.8 Å². The van der Waals surface area contributed by atoms with Crippen molar-refractivity contribution in [1.29, 1.82) is 0 Å². The second-order valence-electron chi connectivity index (χ2n) is 4.06. The van der Waals surface area contributed by atoms with E-state index in [9.17, 15) is 0 Å². The van der Waals surface area contributed by atoms with Crippen molar-refractivity contribution in [2.75, 3.05) is 17.7 Å². The van der Waals surface area contributed by atoms with Gasteiger partial charge in [0.15, 0.2) is 0 Å². The topological polar surface area (TPSA) is 55.0 Å². The monoisotopic (exact) mass is 228 g/mol. The second-order valence-corrected chi connectivity index (χ2v) is 4.06. The highest BCUT2D eigenvalue weighted by Gasteiger charge is 2.06. The number of nitrogen functional groups attached to an aromatic ring is 1. The highest BCUT2D eigenvalue weighted by atomic mass is 15.2. The maximum atomic E-state index is 5.64. The van der Waals surface area contributed by atoms with E-state index in [4.69, 9.17) is 5.73 Å². The zero-order valence-electron chi connectivity index (χ0n) is 10.1. The first-order valence-corrected chi connectivity index (χ1v) is 5.51. The third-order valence-electron chi connectivity index (χ3n) is 2.67. The van der Waals surface area contributed by atoms with Crippen molar-refractivity contribution in [2.45, 2.75) is 13.5 Å². The van der Waals surface area contributed by atoms with Crippen molar-refractivity contribution in [2.24, 2.45) is 0 Å². The van der Waals surface area contributed by atoms with Crippen molar-refractivity contribution in [3.8, 4) is 0 Å². The molecule has 1 aromatic heterocycles. The van der Waals surface area contributed by atoms with E-state index in [0.717, 1.165) is 6.54 Å². The number of hydrogen-bond donors (Lipinski definition) is 1. The van der Waals surface area contributed by atoms with Gasteiger partial charge >= 0.3 is 0 Å². The van der Waals surface area contributed by atoms with Gasteiger partial charge in [0.05, 0.1) is 0 Å². The molecule has 0 saturated heterocycles. The van der Waals surface area contributed by atoms with E-state index < -0.39 is 0 Å². The lowest BCUT2D eigenvalue weighted by atomic mass is 10.1. The Bertz CT molecular complexity index is 510. The fourth-order valence-corrected chi connectivity index (χ4v) is 1.66. The van der Waals surface area contributed by atoms with Gasteiger partial charge in [-0.3, -0.25) is 0 Å². The molecule has 88 valence electrons. The largest absolute Gasteiger partial charge is 0.384 e. The predicted octanol–water partition coefficient (Wildman–Crippen LogP) is 2.00. The summed E-state index contributed by atoms with van der Waals surface area (Å²) in [5.41, 5.74) is 8.17. The summed E-state index contributed by atoms with van der Waals surface area (Å²) in [5, 5.41) is 0. The third kappa shape index (κ3) is 2.72. The Kier molecular flexibility index (Phi) is 3.23. The van der Waals surface area contributed by atoms with E-state index in [2.05, 4.69) is 29.0 Å². The molecule has 0 atom stereocenters. The molecular weight excluding hydrogens is 212 g/mol. The van der Waals surface area contributed by atoms with Gasteiger partial charge in [0.1, 0.15) is 5.82 Å². The summed E-state index contributed by atoms with van der Waals surface area (Å²) in [4.78, 5) is 10.4. The van der Waals surface area contributed by atoms with Gasteiger partial charge < -0.3 is 10.6 Å². The first-order chi connectivity index (χ1) is 8.16. The number of aromatic nitrogens is 2. The highest BCUT2D eigenvalue weighted by molar-refractivity contribution is 5.38. The summed E-state index contributed by atoms with van der Waals surface area (Å²) in [6.07, 6.45) is 1.67. The summed E-state index contributed by atoms with van der Waals surface area (Å²) in [7, 11) is 1.96. The normalized spacial score (nSPS) is 10.2. The fraction of sp³-hybridized carbons (Fsp3) is 0.231. The Balaban J connectivity index is 2.17. The molecule has 4 heteroatoms. The molecule has 2 rings (SSSR count). The molecule has 0 fully saturated rings. The van der Waals surface area contributed by atoms with Gasteiger partial charge in [0.25, 0.3) is 0 Å². The molecule has 17 heavy (non-hydrogen) atoms. The number of anilines is 2. The average Bonchev–Trinajstić information content (AvgIpc) is 2.32. The van der Waals surface area contributed by atoms with E-state index >= 15 is 0 Å². The van der Waals surface area contributed by atoms with E-state index in [1.807, 2.05) is 24.1 Å². The Hall–Kier alpha value is -2.10. The summed E-state index contributed by atoms with van der Waals surface area (Å²) >= 11 is 0. The van der Waals surface area contributed by atoms with E-state index in [-0.39, 0.29) is 0 Å². The van der Waals surface area contributed by atoms with Crippen molar-refractivity contribution in [3.05, 3.63) is 47.7 Å². The van der Waals surface area contributed by atoms with Crippen LogP contribution in [0, 0.1) is 6.92 Å². The molecule has 0 aliphatic heterocycles. The molecular formula is C13H16N4. The minimum absolute atomic E-state index is 0.492. The molecule has 1 heterocycles. The van der Waals surface area contributed by atoms with Gasteiger partial charge in [-0.2, -0.15) is 4.98 Å². The number of benzene rings is 1. The maximum Gasteiger partial charge on any atom is 0.227 e. The first kappa shape index (κ1) is 11.4. The van der Waals surface area contributed by atoms with Crippen LogP contribution >= 0.6 is 0 Å². The molecule has 2 N–H and O–H groups in total. The number of nitrogens with zero attached hydrogens (tertiary/aromatic N) is 3. The second kappa shape index (κ2) is 4.82. The van der Waals surface area contributed by atoms with Gasteiger partial charge in [-0.05, 0) is 24.1 Å². The van der Waals surface area contributed by atoms with Crippen LogP contribution in [0.15, 0.2) is 36.5 Å². The van der Waals surface area contributed by atoms with Crippen LogP contribution in [0.25, 0.3) is 0 Å². The van der Waals surface area contributed by atoms with Gasteiger partial charge in [-0.15, -0.1) is 0 Å². The van der Waals surface area contributed by atoms with Crippen molar-refractivity contribution < 1.29 is 0 Å². The molecule has 0 bridgehead atoms. The van der Waals surface area contributed by atoms with Crippen LogP contribution in [0.2, 0.25) is 0 Å². The molecule has 0 aliphatic rings. The van der Waals surface area contributed by atoms with Gasteiger partial charge in [0.2, 0.25) is 5.95 Å². The molecule has 0 radical (unpaired) electrons. The van der Waals surface area contributed by atoms with E-state index in [1.165, 1.54) is 11.1 Å². The molecule has 0 aliphatic carbocycles. The maximum absolute atomic E-state index is 5.64. The zero-order valence-corrected chi connectivity index (χ0v) is 10.1. The average molecular weight is 228 g/mol. The fourth-order valence-electron chi connectivity index (χ4n) is 1.66. The van der Waals surface area contributed by atoms with Crippen LogP contribution < -0.4 is 10.6 Å². The summed E-state index contributed by atoms with van der Waals surface area (Å²) in [6, 6.07) is 9.97. The van der Waals surface area contributed by atoms with Crippen LogP contribution in [0.5, 0.6) is 0 Å². The SMILES string of the molecule is Cc1ccccc1CN(C)c1nccc(N)n1. The Labute approximate surface area is 101 Å². The Morgan fingerprint density at radius 3 is 2.71 bits per heavy atom. The lowest BCUT2D eigenvalue weighted by molar-refractivity contribution is 0.863. The first-order valence-electron chi connectivity index (χ1n) is 5.51. The van der Waals surface area contributed by atoms with Crippen LogP contribution in [-0.4, -0.2) is 17.0 Å². The van der Waals surface area contributed by atoms with Gasteiger partial charge in [-0.25, -0.2) is 4.98 Å². The van der Waals surface area contributed by atoms with Crippen molar-refractivity contribution in [3.63, 3.8) is 0 Å². The van der Waals surface area contributed by atoms with Crippen molar-refractivity contribution >= 4 is 11.8 Å². The lowest BCUT2D eigenvalue weighted by Crippen LogP contribution is -2.19. The Morgan fingerprint density at radius 1 is 1.24 bits per heavy atom. The molecule has 4 nitrogen and oxygen atoms in total. The summed E-state index contributed by atoms with van der Waals surface area (Å²) < 4.78 is 0. The van der Waals surface area contributed by atoms with Crippen LogP contribution in [0.3, 0.4) is 0 Å². The number of hydrogen-bond acceptors (Lipinski definition) is 4. The van der Waals surface area contributed by atoms with E-state index in [0.29, 0.717) is 11.8 Å². The standard InChI is InChI=1S/C13H16N4/c1-10-5-3-4-6-11(10)9-17(2)13-15-8-7-12(14)16-13/h3-8H,9H2,1-2H3,(H2,14,15,16). The minimum Gasteiger partial charge on any atom is -0.384 e. The Morgan fingerprint density at radius 2 is 2.00 bits per heavy atom. The molecule has 2 aromatic rings. The van der Waals surface area contributed by atoms with Gasteiger partial charge in [0, 0.05) is 19.8 Å². The third-order valence-corrected chi connectivity index (χ3v) is 2.67. The molecule has 0 spiro atoms. The summed E-state index contributed by atoms with van der Waals surface area (Å²) in [6.45, 7) is 2.87. The molecule has 0 saturated carbocycles. The van der Waals surface area contributed by atoms with E-state index in [1.54, 1.807) is 12.3 Å².